The number of aliphatic carboxylic acids is 1. The minimum Gasteiger partial charge on any atom is -0.481 e. The third kappa shape index (κ3) is 4.79. The summed E-state index contributed by atoms with van der Waals surface area (Å²) >= 11 is 12.2. The van der Waals surface area contributed by atoms with E-state index in [-0.39, 0.29) is 34.0 Å². The van der Waals surface area contributed by atoms with Crippen molar-refractivity contribution < 1.29 is 33.7 Å². The summed E-state index contributed by atoms with van der Waals surface area (Å²) < 4.78 is 21.4. The Kier molecular flexibility index (Phi) is 7.72. The van der Waals surface area contributed by atoms with Crippen LogP contribution in [0.3, 0.4) is 0 Å². The predicted molar refractivity (Wildman–Crippen MR) is 146 cm³/mol. The first-order valence-electron chi connectivity index (χ1n) is 12.8. The highest BCUT2D eigenvalue weighted by atomic mass is 35.5. The van der Waals surface area contributed by atoms with Crippen LogP contribution in [0.25, 0.3) is 0 Å². The average Bonchev–Trinajstić information content (AvgIpc) is 3.17. The van der Waals surface area contributed by atoms with Crippen LogP contribution in [-0.2, 0) is 15.3 Å². The quantitative estimate of drug-likeness (QED) is 0.337. The second kappa shape index (κ2) is 10.9. The Bertz CT molecular complexity index is 1470. The number of carbonyl (C=O) groups excluding carboxylic acids is 2. The molecule has 40 heavy (non-hydrogen) atoms. The molecule has 3 aromatic rings. The number of carboxylic acid groups (broad SMARTS) is 1. The van der Waals surface area contributed by atoms with Gasteiger partial charge in [-0.05, 0) is 61.7 Å². The fraction of sp³-hybridized carbons (Fsp3) is 0.300. The van der Waals surface area contributed by atoms with Crippen molar-refractivity contribution in [3.63, 3.8) is 0 Å². The third-order valence-electron chi connectivity index (χ3n) is 7.71. The highest BCUT2D eigenvalue weighted by Gasteiger charge is 2.56. The molecule has 7 nitrogen and oxygen atoms in total. The molecule has 1 amide bonds. The van der Waals surface area contributed by atoms with Gasteiger partial charge in [0.2, 0.25) is 0 Å². The van der Waals surface area contributed by atoms with E-state index in [1.807, 2.05) is 0 Å². The number of ether oxygens (including phenoxy) is 1. The van der Waals surface area contributed by atoms with E-state index in [2.05, 4.69) is 0 Å². The van der Waals surface area contributed by atoms with Gasteiger partial charge in [-0.3, -0.25) is 19.3 Å². The molecule has 2 heterocycles. The van der Waals surface area contributed by atoms with E-state index in [9.17, 15) is 24.6 Å². The summed E-state index contributed by atoms with van der Waals surface area (Å²) in [5.74, 6) is -4.95. The summed E-state index contributed by atoms with van der Waals surface area (Å²) in [5, 5.41) is 23.2. The Labute approximate surface area is 240 Å². The SMILES string of the molecule is C[C@H](C(=O)O)[C@@H](c1ccc(Cl)cc1)N1C(=O)c2cc(C(=O)C3CCOCC3)cc(F)c2[C@]1(O)c1ccc(Cl)cc1. The van der Waals surface area contributed by atoms with Gasteiger partial charge in [0, 0.05) is 40.3 Å². The maximum Gasteiger partial charge on any atom is 0.308 e. The van der Waals surface area contributed by atoms with Gasteiger partial charge in [-0.25, -0.2) is 4.39 Å². The van der Waals surface area contributed by atoms with Gasteiger partial charge in [-0.1, -0.05) is 47.5 Å². The lowest BCUT2D eigenvalue weighted by atomic mass is 9.86. The van der Waals surface area contributed by atoms with Crippen LogP contribution in [0.2, 0.25) is 10.0 Å². The first-order chi connectivity index (χ1) is 19.0. The number of carboxylic acids is 1. The molecule has 0 aliphatic carbocycles. The first-order valence-corrected chi connectivity index (χ1v) is 13.6. The highest BCUT2D eigenvalue weighted by Crippen LogP contribution is 2.50. The number of halogens is 3. The number of ketones is 1. The standard InChI is InChI=1S/C30H26Cl2FNO6/c1-16(29(37)38)26(17-2-6-21(31)7-3-17)34-28(36)23-14-19(27(35)18-10-12-40-13-11-18)15-24(33)25(23)30(34,39)20-4-8-22(32)9-5-20/h2-9,14-16,18,26,39H,10-13H2,1H3,(H,37,38)/t16-,26-,30+/m0/s1. The number of Topliss-reactive ketones (excluding diaryl/α,β-unsaturated/α-hetero) is 1. The number of fused-ring (bicyclic) bond motifs is 1. The Balaban J connectivity index is 1.73. The molecule has 5 rings (SSSR count). The monoisotopic (exact) mass is 585 g/mol. The summed E-state index contributed by atoms with van der Waals surface area (Å²) in [6, 6.07) is 13.1. The van der Waals surface area contributed by atoms with Crippen molar-refractivity contribution in [1.29, 1.82) is 0 Å². The van der Waals surface area contributed by atoms with Crippen molar-refractivity contribution in [2.75, 3.05) is 13.2 Å². The molecular weight excluding hydrogens is 560 g/mol. The molecule has 0 saturated carbocycles. The van der Waals surface area contributed by atoms with Gasteiger partial charge in [0.15, 0.2) is 11.5 Å². The predicted octanol–water partition coefficient (Wildman–Crippen LogP) is 5.85. The summed E-state index contributed by atoms with van der Waals surface area (Å²) in [6.07, 6.45) is 0.947. The van der Waals surface area contributed by atoms with E-state index in [1.165, 1.54) is 37.3 Å². The number of nitrogens with zero attached hydrogens (tertiary/aromatic N) is 1. The molecule has 0 unspecified atom stereocenters. The normalized spacial score (nSPS) is 20.7. The van der Waals surface area contributed by atoms with Crippen LogP contribution in [0, 0.1) is 17.7 Å². The van der Waals surface area contributed by atoms with Crippen LogP contribution < -0.4 is 0 Å². The number of hydrogen-bond donors (Lipinski definition) is 2. The molecule has 0 radical (unpaired) electrons. The Morgan fingerprint density at radius 1 is 1.02 bits per heavy atom. The zero-order valence-corrected chi connectivity index (χ0v) is 23.0. The number of benzene rings is 3. The maximum absolute atomic E-state index is 16.1. The van der Waals surface area contributed by atoms with Gasteiger partial charge in [-0.2, -0.15) is 0 Å². The number of aliphatic hydroxyl groups is 1. The maximum atomic E-state index is 16.1. The summed E-state index contributed by atoms with van der Waals surface area (Å²) in [6.45, 7) is 2.21. The smallest absolute Gasteiger partial charge is 0.308 e. The topological polar surface area (TPSA) is 104 Å². The molecule has 10 heteroatoms. The minimum atomic E-state index is -2.42. The molecule has 1 saturated heterocycles. The Hall–Kier alpha value is -3.30. The molecular formula is C30H26Cl2FNO6. The van der Waals surface area contributed by atoms with Gasteiger partial charge >= 0.3 is 5.97 Å². The van der Waals surface area contributed by atoms with Crippen LogP contribution >= 0.6 is 23.2 Å². The van der Waals surface area contributed by atoms with Gasteiger partial charge in [0.1, 0.15) is 5.82 Å². The average molecular weight is 586 g/mol. The van der Waals surface area contributed by atoms with Gasteiger partial charge in [0.25, 0.3) is 5.91 Å². The summed E-state index contributed by atoms with van der Waals surface area (Å²) in [7, 11) is 0. The number of amides is 1. The lowest BCUT2D eigenvalue weighted by molar-refractivity contribution is -0.147. The van der Waals surface area contributed by atoms with Crippen LogP contribution in [-0.4, -0.2) is 46.0 Å². The first kappa shape index (κ1) is 28.2. The fourth-order valence-electron chi connectivity index (χ4n) is 5.61. The number of hydrogen-bond acceptors (Lipinski definition) is 5. The van der Waals surface area contributed by atoms with Crippen molar-refractivity contribution in [2.24, 2.45) is 11.8 Å². The van der Waals surface area contributed by atoms with E-state index >= 15 is 4.39 Å². The van der Waals surface area contributed by atoms with Crippen molar-refractivity contribution in [2.45, 2.75) is 31.5 Å². The zero-order chi connectivity index (χ0) is 28.8. The molecule has 0 bridgehead atoms. The van der Waals surface area contributed by atoms with Crippen molar-refractivity contribution >= 4 is 40.9 Å². The molecule has 3 atom stereocenters. The number of rotatable bonds is 7. The van der Waals surface area contributed by atoms with E-state index in [0.29, 0.717) is 41.7 Å². The number of carbonyl (C=O) groups is 3. The van der Waals surface area contributed by atoms with E-state index in [1.54, 1.807) is 24.3 Å². The van der Waals surface area contributed by atoms with E-state index in [0.717, 1.165) is 11.0 Å². The lowest BCUT2D eigenvalue weighted by Crippen LogP contribution is -2.49. The van der Waals surface area contributed by atoms with E-state index in [4.69, 9.17) is 27.9 Å². The van der Waals surface area contributed by atoms with Gasteiger partial charge in [-0.15, -0.1) is 0 Å². The highest BCUT2D eigenvalue weighted by molar-refractivity contribution is 6.30. The lowest BCUT2D eigenvalue weighted by Gasteiger charge is -2.42. The van der Waals surface area contributed by atoms with Gasteiger partial charge in [0.05, 0.1) is 23.1 Å². The van der Waals surface area contributed by atoms with Crippen molar-refractivity contribution in [3.8, 4) is 0 Å². The van der Waals surface area contributed by atoms with Crippen molar-refractivity contribution in [1.82, 2.24) is 4.90 Å². The van der Waals surface area contributed by atoms with Crippen LogP contribution in [0.5, 0.6) is 0 Å². The van der Waals surface area contributed by atoms with E-state index < -0.39 is 35.4 Å². The molecule has 0 aromatic heterocycles. The Morgan fingerprint density at radius 3 is 2.17 bits per heavy atom. The van der Waals surface area contributed by atoms with Crippen LogP contribution in [0.15, 0.2) is 60.7 Å². The Morgan fingerprint density at radius 2 is 1.60 bits per heavy atom. The molecule has 1 fully saturated rings. The van der Waals surface area contributed by atoms with Gasteiger partial charge < -0.3 is 14.9 Å². The zero-order valence-electron chi connectivity index (χ0n) is 21.4. The second-order valence-electron chi connectivity index (χ2n) is 10.1. The molecule has 2 N–H and O–H groups in total. The van der Waals surface area contributed by atoms with Crippen molar-refractivity contribution in [3.05, 3.63) is 104 Å². The third-order valence-corrected chi connectivity index (χ3v) is 8.22. The van der Waals surface area contributed by atoms with Crippen LogP contribution in [0.1, 0.15) is 63.2 Å². The second-order valence-corrected chi connectivity index (χ2v) is 11.0. The summed E-state index contributed by atoms with van der Waals surface area (Å²) in [4.78, 5) is 40.8. The summed E-state index contributed by atoms with van der Waals surface area (Å²) in [5.41, 5.74) is -2.53. The fourth-order valence-corrected chi connectivity index (χ4v) is 5.87. The van der Waals surface area contributed by atoms with Crippen LogP contribution in [0.4, 0.5) is 4.39 Å². The minimum absolute atomic E-state index is 0.00568. The molecule has 2 aliphatic rings. The molecule has 208 valence electrons. The molecule has 2 aliphatic heterocycles. The molecule has 0 spiro atoms. The largest absolute Gasteiger partial charge is 0.481 e. The molecule has 3 aromatic carbocycles.